The van der Waals surface area contributed by atoms with Gasteiger partial charge < -0.3 is 14.7 Å². The molecule has 0 aliphatic carbocycles. The van der Waals surface area contributed by atoms with E-state index in [-0.39, 0.29) is 18.4 Å². The van der Waals surface area contributed by atoms with E-state index < -0.39 is 6.10 Å². The third-order valence-corrected chi connectivity index (χ3v) is 4.44. The molecule has 4 nitrogen and oxygen atoms in total. The Balaban J connectivity index is 2.07. The van der Waals surface area contributed by atoms with Crippen molar-refractivity contribution in [3.05, 3.63) is 64.7 Å². The van der Waals surface area contributed by atoms with Gasteiger partial charge in [0.2, 0.25) is 5.91 Å². The van der Waals surface area contributed by atoms with Crippen molar-refractivity contribution in [2.24, 2.45) is 0 Å². The maximum Gasteiger partial charge on any atom is 0.225 e. The first kappa shape index (κ1) is 18.3. The van der Waals surface area contributed by atoms with Crippen molar-refractivity contribution in [1.29, 1.82) is 0 Å². The van der Waals surface area contributed by atoms with Crippen LogP contribution in [0.5, 0.6) is 5.75 Å². The Morgan fingerprint density at radius 3 is 2.46 bits per heavy atom. The first-order chi connectivity index (χ1) is 11.4. The molecule has 1 N–H and O–H groups in total. The third-order valence-electron chi connectivity index (χ3n) is 4.19. The van der Waals surface area contributed by atoms with Gasteiger partial charge in [0, 0.05) is 17.6 Å². The van der Waals surface area contributed by atoms with Crippen molar-refractivity contribution in [2.75, 3.05) is 14.2 Å². The molecule has 0 radical (unpaired) electrons. The van der Waals surface area contributed by atoms with Crippen molar-refractivity contribution in [3.63, 3.8) is 0 Å². The molecule has 24 heavy (non-hydrogen) atoms. The van der Waals surface area contributed by atoms with Crippen LogP contribution in [0.4, 0.5) is 0 Å². The Bertz CT molecular complexity index is 687. The minimum atomic E-state index is -0.859. The Kier molecular flexibility index (Phi) is 6.23. The van der Waals surface area contributed by atoms with Crippen LogP contribution in [0.2, 0.25) is 5.02 Å². The number of nitrogens with zero attached hydrogens (tertiary/aromatic N) is 1. The van der Waals surface area contributed by atoms with Crippen LogP contribution in [-0.4, -0.2) is 30.1 Å². The lowest BCUT2D eigenvalue weighted by Crippen LogP contribution is -2.31. The lowest BCUT2D eigenvalue weighted by molar-refractivity contribution is -0.134. The highest BCUT2D eigenvalue weighted by molar-refractivity contribution is 6.30. The molecule has 2 unspecified atom stereocenters. The maximum atomic E-state index is 12.5. The molecular formula is C19H22ClNO3. The predicted octanol–water partition coefficient (Wildman–Crippen LogP) is 3.99. The monoisotopic (exact) mass is 347 g/mol. The summed E-state index contributed by atoms with van der Waals surface area (Å²) in [5.74, 6) is 0.596. The van der Waals surface area contributed by atoms with Gasteiger partial charge in [0.05, 0.1) is 25.7 Å². The molecule has 1 amide bonds. The lowest BCUT2D eigenvalue weighted by atomic mass is 10.0. The van der Waals surface area contributed by atoms with Crippen molar-refractivity contribution in [3.8, 4) is 5.75 Å². The summed E-state index contributed by atoms with van der Waals surface area (Å²) in [4.78, 5) is 14.1. The van der Waals surface area contributed by atoms with Crippen LogP contribution in [-0.2, 0) is 4.79 Å². The number of para-hydroxylation sites is 1. The summed E-state index contributed by atoms with van der Waals surface area (Å²) in [5, 5.41) is 10.9. The van der Waals surface area contributed by atoms with Gasteiger partial charge in [0.15, 0.2) is 0 Å². The summed E-state index contributed by atoms with van der Waals surface area (Å²) in [6.45, 7) is 1.93. The number of carbonyl (C=O) groups excluding carboxylic acids is 1. The smallest absolute Gasteiger partial charge is 0.225 e. The fourth-order valence-electron chi connectivity index (χ4n) is 2.55. The van der Waals surface area contributed by atoms with E-state index in [1.165, 1.54) is 0 Å². The Hall–Kier alpha value is -2.04. The number of ether oxygens (including phenoxy) is 1. The molecule has 2 rings (SSSR count). The van der Waals surface area contributed by atoms with E-state index >= 15 is 0 Å². The molecule has 0 saturated heterocycles. The Labute approximate surface area is 147 Å². The van der Waals surface area contributed by atoms with Crippen molar-refractivity contribution >= 4 is 17.5 Å². The second-order valence-electron chi connectivity index (χ2n) is 5.69. The summed E-state index contributed by atoms with van der Waals surface area (Å²) in [5.41, 5.74) is 1.60. The Morgan fingerprint density at radius 2 is 1.83 bits per heavy atom. The standard InChI is InChI=1S/C19H22ClNO3/c1-13(16-6-4-5-7-18(16)24-3)21(2)19(23)12-17(22)14-8-10-15(20)11-9-14/h4-11,13,17,22H,12H2,1-3H3. The van der Waals surface area contributed by atoms with E-state index in [0.717, 1.165) is 11.3 Å². The zero-order valence-electron chi connectivity index (χ0n) is 14.1. The molecule has 2 aromatic carbocycles. The van der Waals surface area contributed by atoms with E-state index in [2.05, 4.69) is 0 Å². The summed E-state index contributed by atoms with van der Waals surface area (Å²) < 4.78 is 5.36. The molecular weight excluding hydrogens is 326 g/mol. The Morgan fingerprint density at radius 1 is 1.21 bits per heavy atom. The van der Waals surface area contributed by atoms with Crippen molar-refractivity contribution in [2.45, 2.75) is 25.5 Å². The highest BCUT2D eigenvalue weighted by Gasteiger charge is 2.22. The van der Waals surface area contributed by atoms with Gasteiger partial charge in [-0.05, 0) is 30.7 Å². The fourth-order valence-corrected chi connectivity index (χ4v) is 2.67. The minimum Gasteiger partial charge on any atom is -0.496 e. The van der Waals surface area contributed by atoms with E-state index in [1.54, 1.807) is 43.3 Å². The van der Waals surface area contributed by atoms with Crippen LogP contribution in [0.3, 0.4) is 0 Å². The van der Waals surface area contributed by atoms with Gasteiger partial charge in [-0.15, -0.1) is 0 Å². The molecule has 0 spiro atoms. The van der Waals surface area contributed by atoms with E-state index in [9.17, 15) is 9.90 Å². The van der Waals surface area contributed by atoms with E-state index in [1.807, 2.05) is 31.2 Å². The molecule has 0 aromatic heterocycles. The number of benzene rings is 2. The maximum absolute atomic E-state index is 12.5. The molecule has 0 saturated carbocycles. The summed E-state index contributed by atoms with van der Waals surface area (Å²) in [6.07, 6.45) is -0.848. The number of methoxy groups -OCH3 is 1. The minimum absolute atomic E-state index is 0.0115. The van der Waals surface area contributed by atoms with Crippen LogP contribution >= 0.6 is 11.6 Å². The molecule has 0 aliphatic rings. The largest absolute Gasteiger partial charge is 0.496 e. The average Bonchev–Trinajstić information content (AvgIpc) is 2.60. The molecule has 128 valence electrons. The van der Waals surface area contributed by atoms with Crippen LogP contribution < -0.4 is 4.74 Å². The molecule has 0 fully saturated rings. The number of aliphatic hydroxyl groups excluding tert-OH is 1. The molecule has 0 bridgehead atoms. The number of amides is 1. The molecule has 2 aromatic rings. The van der Waals surface area contributed by atoms with Gasteiger partial charge >= 0.3 is 0 Å². The van der Waals surface area contributed by atoms with Gasteiger partial charge in [-0.1, -0.05) is 41.9 Å². The third kappa shape index (κ3) is 4.28. The molecule has 0 heterocycles. The normalized spacial score (nSPS) is 13.2. The zero-order chi connectivity index (χ0) is 17.7. The fraction of sp³-hybridized carbons (Fsp3) is 0.316. The number of aliphatic hydroxyl groups is 1. The second kappa shape index (κ2) is 8.18. The average molecular weight is 348 g/mol. The van der Waals surface area contributed by atoms with Crippen LogP contribution in [0.15, 0.2) is 48.5 Å². The van der Waals surface area contributed by atoms with Gasteiger partial charge in [0.1, 0.15) is 5.75 Å². The topological polar surface area (TPSA) is 49.8 Å². The second-order valence-corrected chi connectivity index (χ2v) is 6.13. The van der Waals surface area contributed by atoms with Crippen molar-refractivity contribution < 1.29 is 14.6 Å². The highest BCUT2D eigenvalue weighted by atomic mass is 35.5. The van der Waals surface area contributed by atoms with Gasteiger partial charge in [-0.2, -0.15) is 0 Å². The summed E-state index contributed by atoms with van der Waals surface area (Å²) in [6, 6.07) is 14.3. The van der Waals surface area contributed by atoms with Crippen LogP contribution in [0.25, 0.3) is 0 Å². The summed E-state index contributed by atoms with van der Waals surface area (Å²) in [7, 11) is 3.34. The van der Waals surface area contributed by atoms with Gasteiger partial charge in [-0.25, -0.2) is 0 Å². The SMILES string of the molecule is COc1ccccc1C(C)N(C)C(=O)CC(O)c1ccc(Cl)cc1. The number of hydrogen-bond donors (Lipinski definition) is 1. The number of carbonyl (C=O) groups is 1. The first-order valence-corrected chi connectivity index (χ1v) is 8.14. The quantitative estimate of drug-likeness (QED) is 0.859. The van der Waals surface area contributed by atoms with Crippen LogP contribution in [0.1, 0.15) is 36.6 Å². The van der Waals surface area contributed by atoms with E-state index in [4.69, 9.17) is 16.3 Å². The highest BCUT2D eigenvalue weighted by Crippen LogP contribution is 2.29. The van der Waals surface area contributed by atoms with Crippen molar-refractivity contribution in [1.82, 2.24) is 4.90 Å². The molecule has 0 aliphatic heterocycles. The van der Waals surface area contributed by atoms with Gasteiger partial charge in [0.25, 0.3) is 0 Å². The molecule has 5 heteroatoms. The predicted molar refractivity (Wildman–Crippen MR) is 95.2 cm³/mol. The zero-order valence-corrected chi connectivity index (χ0v) is 14.8. The first-order valence-electron chi connectivity index (χ1n) is 7.76. The lowest BCUT2D eigenvalue weighted by Gasteiger charge is -2.27. The number of hydrogen-bond acceptors (Lipinski definition) is 3. The molecule has 2 atom stereocenters. The van der Waals surface area contributed by atoms with Crippen LogP contribution in [0, 0.1) is 0 Å². The summed E-state index contributed by atoms with van der Waals surface area (Å²) >= 11 is 5.84. The van der Waals surface area contributed by atoms with Gasteiger partial charge in [-0.3, -0.25) is 4.79 Å². The number of rotatable bonds is 6. The van der Waals surface area contributed by atoms with E-state index in [0.29, 0.717) is 10.6 Å². The number of halogens is 1.